The number of nitrogens with zero attached hydrogens (tertiary/aromatic N) is 1. The number of hydrogen-bond donors (Lipinski definition) is 2. The Balaban J connectivity index is 2.19. The van der Waals surface area contributed by atoms with Crippen molar-refractivity contribution in [3.63, 3.8) is 0 Å². The molecule has 4 heteroatoms. The summed E-state index contributed by atoms with van der Waals surface area (Å²) in [4.78, 5) is 14.2. The minimum Gasteiger partial charge on any atom is -0.362 e. The molecule has 0 radical (unpaired) electrons. The molecule has 1 atom stereocenters. The molecule has 1 amide bonds. The highest BCUT2D eigenvalue weighted by molar-refractivity contribution is 5.82. The minimum atomic E-state index is 0.0951. The van der Waals surface area contributed by atoms with E-state index in [4.69, 9.17) is 0 Å². The lowest BCUT2D eigenvalue weighted by molar-refractivity contribution is -0.120. The third-order valence-electron chi connectivity index (χ3n) is 3.71. The highest BCUT2D eigenvalue weighted by atomic mass is 16.2. The molecule has 1 aromatic carbocycles. The van der Waals surface area contributed by atoms with E-state index in [0.717, 1.165) is 19.4 Å². The van der Waals surface area contributed by atoms with E-state index in [0.29, 0.717) is 12.6 Å². The van der Waals surface area contributed by atoms with Gasteiger partial charge in [0.1, 0.15) is 0 Å². The molecule has 1 unspecified atom stereocenters. The predicted molar refractivity (Wildman–Crippen MR) is 83.0 cm³/mol. The molecule has 20 heavy (non-hydrogen) atoms. The highest BCUT2D eigenvalue weighted by Crippen LogP contribution is 2.32. The molecule has 0 aromatic heterocycles. The van der Waals surface area contributed by atoms with Gasteiger partial charge in [-0.2, -0.15) is 0 Å². The van der Waals surface area contributed by atoms with E-state index in [9.17, 15) is 4.79 Å². The summed E-state index contributed by atoms with van der Waals surface area (Å²) in [6, 6.07) is 8.97. The van der Waals surface area contributed by atoms with Crippen molar-refractivity contribution in [3.8, 4) is 0 Å². The van der Waals surface area contributed by atoms with Crippen LogP contribution in [0.3, 0.4) is 0 Å². The van der Waals surface area contributed by atoms with Crippen LogP contribution in [0.15, 0.2) is 24.3 Å². The fourth-order valence-corrected chi connectivity index (χ4v) is 2.84. The van der Waals surface area contributed by atoms with Gasteiger partial charge in [-0.05, 0) is 45.4 Å². The molecule has 1 heterocycles. The average Bonchev–Trinajstić information content (AvgIpc) is 2.58. The molecule has 2 rings (SSSR count). The Morgan fingerprint density at radius 3 is 2.85 bits per heavy atom. The van der Waals surface area contributed by atoms with Crippen molar-refractivity contribution in [2.75, 3.05) is 25.0 Å². The fraction of sp³-hybridized carbons (Fsp3) is 0.562. The summed E-state index contributed by atoms with van der Waals surface area (Å²) in [5, 5.41) is 6.35. The number of nitrogens with one attached hydrogen (secondary N) is 2. The summed E-state index contributed by atoms with van der Waals surface area (Å²) in [5.41, 5.74) is 2.48. The zero-order valence-electron chi connectivity index (χ0n) is 12.6. The highest BCUT2D eigenvalue weighted by Gasteiger charge is 2.22. The van der Waals surface area contributed by atoms with Crippen molar-refractivity contribution < 1.29 is 4.79 Å². The summed E-state index contributed by atoms with van der Waals surface area (Å²) in [6.07, 6.45) is 2.20. The maximum absolute atomic E-state index is 12.0. The van der Waals surface area contributed by atoms with Gasteiger partial charge in [0.25, 0.3) is 0 Å². The molecule has 0 bridgehead atoms. The lowest BCUT2D eigenvalue weighted by Gasteiger charge is -2.25. The van der Waals surface area contributed by atoms with Crippen molar-refractivity contribution in [1.82, 2.24) is 10.6 Å². The van der Waals surface area contributed by atoms with Gasteiger partial charge in [0.15, 0.2) is 0 Å². The number of amides is 1. The Hall–Kier alpha value is -1.55. The number of carbonyl (C=O) groups excluding carboxylic acids is 1. The quantitative estimate of drug-likeness (QED) is 0.884. The number of anilines is 1. The molecule has 1 aromatic rings. The molecule has 110 valence electrons. The number of benzene rings is 1. The maximum atomic E-state index is 12.0. The molecule has 2 N–H and O–H groups in total. The number of para-hydroxylation sites is 1. The summed E-state index contributed by atoms with van der Waals surface area (Å²) in [7, 11) is 2.00. The van der Waals surface area contributed by atoms with Crippen molar-refractivity contribution >= 4 is 11.6 Å². The van der Waals surface area contributed by atoms with Gasteiger partial charge in [-0.15, -0.1) is 0 Å². The molecule has 4 nitrogen and oxygen atoms in total. The number of rotatable bonds is 4. The second kappa shape index (κ2) is 6.75. The van der Waals surface area contributed by atoms with E-state index in [1.807, 2.05) is 27.0 Å². The van der Waals surface area contributed by atoms with E-state index in [1.165, 1.54) is 11.3 Å². The van der Waals surface area contributed by atoms with Gasteiger partial charge < -0.3 is 15.5 Å². The van der Waals surface area contributed by atoms with Gasteiger partial charge in [0, 0.05) is 24.3 Å². The fourth-order valence-electron chi connectivity index (χ4n) is 2.84. The normalized spacial score (nSPS) is 18.6. The third-order valence-corrected chi connectivity index (χ3v) is 3.71. The van der Waals surface area contributed by atoms with Gasteiger partial charge in [-0.25, -0.2) is 0 Å². The molecular formula is C16H25N3O. The van der Waals surface area contributed by atoms with Crippen LogP contribution in [0.25, 0.3) is 0 Å². The van der Waals surface area contributed by atoms with Crippen molar-refractivity contribution in [3.05, 3.63) is 29.8 Å². The van der Waals surface area contributed by atoms with Crippen LogP contribution in [0.1, 0.15) is 38.3 Å². The monoisotopic (exact) mass is 275 g/mol. The van der Waals surface area contributed by atoms with Gasteiger partial charge in [-0.3, -0.25) is 4.79 Å². The summed E-state index contributed by atoms with van der Waals surface area (Å²) >= 11 is 0. The Bertz CT molecular complexity index is 459. The molecule has 0 fully saturated rings. The van der Waals surface area contributed by atoms with Crippen molar-refractivity contribution in [2.24, 2.45) is 0 Å². The number of fused-ring (bicyclic) bond motifs is 1. The zero-order chi connectivity index (χ0) is 14.5. The first-order valence-corrected chi connectivity index (χ1v) is 7.42. The van der Waals surface area contributed by atoms with Crippen molar-refractivity contribution in [2.45, 2.75) is 38.8 Å². The van der Waals surface area contributed by atoms with Gasteiger partial charge in [0.05, 0.1) is 6.54 Å². The SMILES string of the molecule is CNC1CCCN(CC(=O)NC(C)C)c2ccccc21. The van der Waals surface area contributed by atoms with Crippen LogP contribution in [-0.2, 0) is 4.79 Å². The van der Waals surface area contributed by atoms with Crippen LogP contribution in [-0.4, -0.2) is 32.1 Å². The standard InChI is InChI=1S/C16H25N3O/c1-12(2)18-16(20)11-19-10-6-8-14(17-3)13-7-4-5-9-15(13)19/h4-5,7,9,12,14,17H,6,8,10-11H2,1-3H3,(H,18,20). The molecule has 0 saturated heterocycles. The third kappa shape index (κ3) is 3.51. The van der Waals surface area contributed by atoms with E-state index in [1.54, 1.807) is 0 Å². The van der Waals surface area contributed by atoms with Gasteiger partial charge in [0.2, 0.25) is 5.91 Å². The van der Waals surface area contributed by atoms with E-state index in [2.05, 4.69) is 33.7 Å². The van der Waals surface area contributed by atoms with Crippen LogP contribution < -0.4 is 15.5 Å². The smallest absolute Gasteiger partial charge is 0.239 e. The van der Waals surface area contributed by atoms with E-state index in [-0.39, 0.29) is 11.9 Å². The summed E-state index contributed by atoms with van der Waals surface area (Å²) < 4.78 is 0. The molecule has 0 saturated carbocycles. The Morgan fingerprint density at radius 1 is 1.40 bits per heavy atom. The largest absolute Gasteiger partial charge is 0.362 e. The molecule has 0 spiro atoms. The summed E-state index contributed by atoms with van der Waals surface area (Å²) in [6.45, 7) is 5.35. The first kappa shape index (κ1) is 14.9. The minimum absolute atomic E-state index is 0.0951. The van der Waals surface area contributed by atoms with E-state index >= 15 is 0 Å². The number of hydrogen-bond acceptors (Lipinski definition) is 3. The van der Waals surface area contributed by atoms with Crippen LogP contribution in [0.4, 0.5) is 5.69 Å². The van der Waals surface area contributed by atoms with Gasteiger partial charge in [-0.1, -0.05) is 18.2 Å². The Kier molecular flexibility index (Phi) is 5.01. The lowest BCUT2D eigenvalue weighted by atomic mass is 10.0. The first-order valence-electron chi connectivity index (χ1n) is 7.42. The maximum Gasteiger partial charge on any atom is 0.239 e. The van der Waals surface area contributed by atoms with Crippen LogP contribution >= 0.6 is 0 Å². The molecule has 1 aliphatic rings. The van der Waals surface area contributed by atoms with E-state index < -0.39 is 0 Å². The van der Waals surface area contributed by atoms with Crippen LogP contribution in [0.2, 0.25) is 0 Å². The van der Waals surface area contributed by atoms with Crippen molar-refractivity contribution in [1.29, 1.82) is 0 Å². The topological polar surface area (TPSA) is 44.4 Å². The second-order valence-electron chi connectivity index (χ2n) is 5.69. The zero-order valence-corrected chi connectivity index (χ0v) is 12.6. The number of carbonyl (C=O) groups is 1. The molecular weight excluding hydrogens is 250 g/mol. The second-order valence-corrected chi connectivity index (χ2v) is 5.69. The summed E-state index contributed by atoms with van der Waals surface area (Å²) in [5.74, 6) is 0.0951. The Labute approximate surface area is 121 Å². The molecule has 1 aliphatic heterocycles. The average molecular weight is 275 g/mol. The Morgan fingerprint density at radius 2 is 2.15 bits per heavy atom. The predicted octanol–water partition coefficient (Wildman–Crippen LogP) is 2.07. The first-order chi connectivity index (χ1) is 9.61. The lowest BCUT2D eigenvalue weighted by Crippen LogP contribution is -2.40. The molecule has 0 aliphatic carbocycles. The van der Waals surface area contributed by atoms with Crippen LogP contribution in [0.5, 0.6) is 0 Å². The van der Waals surface area contributed by atoms with Gasteiger partial charge >= 0.3 is 0 Å². The van der Waals surface area contributed by atoms with Crippen LogP contribution in [0, 0.1) is 0 Å².